The van der Waals surface area contributed by atoms with E-state index in [2.05, 4.69) is 20.9 Å². The van der Waals surface area contributed by atoms with Crippen molar-refractivity contribution < 1.29 is 9.53 Å². The highest BCUT2D eigenvalue weighted by Crippen LogP contribution is 2.23. The molecule has 0 N–H and O–H groups in total. The summed E-state index contributed by atoms with van der Waals surface area (Å²) in [5.74, 6) is -0.343. The molecule has 5 heteroatoms. The summed E-state index contributed by atoms with van der Waals surface area (Å²) in [5, 5.41) is 0. The van der Waals surface area contributed by atoms with Crippen molar-refractivity contribution in [2.75, 3.05) is 19.0 Å². The zero-order valence-corrected chi connectivity index (χ0v) is 12.3. The Morgan fingerprint density at radius 2 is 2.00 bits per heavy atom. The van der Waals surface area contributed by atoms with Crippen LogP contribution in [0, 0.1) is 0 Å². The van der Waals surface area contributed by atoms with Crippen molar-refractivity contribution in [1.82, 2.24) is 4.98 Å². The summed E-state index contributed by atoms with van der Waals surface area (Å²) in [4.78, 5) is 18.0. The van der Waals surface area contributed by atoms with Gasteiger partial charge in [-0.3, -0.25) is 0 Å². The van der Waals surface area contributed by atoms with Crippen LogP contribution >= 0.6 is 15.9 Å². The molecule has 1 heterocycles. The van der Waals surface area contributed by atoms with Crippen molar-refractivity contribution in [3.8, 4) is 0 Å². The predicted molar refractivity (Wildman–Crippen MR) is 71.4 cm³/mol. The Morgan fingerprint density at radius 3 is 2.47 bits per heavy atom. The van der Waals surface area contributed by atoms with E-state index in [-0.39, 0.29) is 5.97 Å². The molecule has 0 saturated heterocycles. The van der Waals surface area contributed by atoms with Gasteiger partial charge in [-0.15, -0.1) is 0 Å². The lowest BCUT2D eigenvalue weighted by Gasteiger charge is -2.22. The van der Waals surface area contributed by atoms with E-state index in [1.165, 1.54) is 0 Å². The Bertz CT molecular complexity index is 425. The van der Waals surface area contributed by atoms with E-state index in [4.69, 9.17) is 4.74 Å². The number of esters is 1. The van der Waals surface area contributed by atoms with Crippen molar-refractivity contribution in [2.45, 2.75) is 26.4 Å². The average molecular weight is 301 g/mol. The minimum absolute atomic E-state index is 0.343. The lowest BCUT2D eigenvalue weighted by atomic mass is 10.1. The highest BCUT2D eigenvalue weighted by atomic mass is 79.9. The first-order valence-corrected chi connectivity index (χ1v) is 6.06. The normalized spacial score (nSPS) is 11.2. The monoisotopic (exact) mass is 300 g/mol. The van der Waals surface area contributed by atoms with Gasteiger partial charge in [0.15, 0.2) is 0 Å². The first-order chi connectivity index (χ1) is 7.70. The van der Waals surface area contributed by atoms with Crippen molar-refractivity contribution in [1.29, 1.82) is 0 Å². The molecular formula is C12H17BrN2O2. The standard InChI is InChI=1S/C12H17BrN2O2/c1-12(2,3)17-11(16)8-6-10(13)14-7-9(8)15(4)5/h6-7H,1-5H3. The van der Waals surface area contributed by atoms with Gasteiger partial charge < -0.3 is 9.64 Å². The Balaban J connectivity index is 3.11. The number of nitrogens with zero attached hydrogens (tertiary/aromatic N) is 2. The van der Waals surface area contributed by atoms with Gasteiger partial charge in [-0.1, -0.05) is 0 Å². The van der Waals surface area contributed by atoms with Crippen LogP contribution in [0.2, 0.25) is 0 Å². The molecule has 1 aromatic heterocycles. The van der Waals surface area contributed by atoms with E-state index in [1.807, 2.05) is 39.8 Å². The van der Waals surface area contributed by atoms with Crippen molar-refractivity contribution in [3.05, 3.63) is 22.4 Å². The van der Waals surface area contributed by atoms with Gasteiger partial charge in [-0.2, -0.15) is 0 Å². The summed E-state index contributed by atoms with van der Waals surface area (Å²) in [5.41, 5.74) is 0.741. The summed E-state index contributed by atoms with van der Waals surface area (Å²) in [7, 11) is 3.72. The highest BCUT2D eigenvalue weighted by molar-refractivity contribution is 9.10. The Morgan fingerprint density at radius 1 is 1.41 bits per heavy atom. The number of ether oxygens (including phenoxy) is 1. The zero-order valence-electron chi connectivity index (χ0n) is 10.7. The number of rotatable bonds is 2. The van der Waals surface area contributed by atoms with E-state index in [1.54, 1.807) is 12.3 Å². The third-order valence-electron chi connectivity index (χ3n) is 1.95. The number of aromatic nitrogens is 1. The molecule has 0 saturated carbocycles. The van der Waals surface area contributed by atoms with Gasteiger partial charge >= 0.3 is 5.97 Å². The van der Waals surface area contributed by atoms with Crippen LogP contribution in [0.5, 0.6) is 0 Å². The Kier molecular flexibility index (Phi) is 4.14. The van der Waals surface area contributed by atoms with E-state index >= 15 is 0 Å². The van der Waals surface area contributed by atoms with E-state index in [9.17, 15) is 4.79 Å². The van der Waals surface area contributed by atoms with Crippen LogP contribution in [-0.2, 0) is 4.74 Å². The molecule has 0 bridgehead atoms. The molecule has 0 radical (unpaired) electrons. The van der Waals surface area contributed by atoms with Gasteiger partial charge in [0.1, 0.15) is 10.2 Å². The maximum absolute atomic E-state index is 12.0. The Hall–Kier alpha value is -1.10. The summed E-state index contributed by atoms with van der Waals surface area (Å²) in [6, 6.07) is 1.67. The molecule has 0 spiro atoms. The fourth-order valence-electron chi connectivity index (χ4n) is 1.28. The summed E-state index contributed by atoms with van der Waals surface area (Å²) in [6.45, 7) is 5.53. The molecule has 1 aromatic rings. The number of hydrogen-bond acceptors (Lipinski definition) is 4. The lowest BCUT2D eigenvalue weighted by molar-refractivity contribution is 0.00701. The molecule has 0 aromatic carbocycles. The minimum atomic E-state index is -0.504. The number of pyridine rings is 1. The van der Waals surface area contributed by atoms with Crippen LogP contribution in [0.1, 0.15) is 31.1 Å². The second kappa shape index (κ2) is 5.04. The fourth-order valence-corrected chi connectivity index (χ4v) is 1.61. The van der Waals surface area contributed by atoms with Gasteiger partial charge in [-0.05, 0) is 42.8 Å². The van der Waals surface area contributed by atoms with Crippen molar-refractivity contribution >= 4 is 27.6 Å². The van der Waals surface area contributed by atoms with Crippen LogP contribution < -0.4 is 4.90 Å². The molecule has 0 aliphatic rings. The van der Waals surface area contributed by atoms with E-state index in [0.717, 1.165) is 5.69 Å². The van der Waals surface area contributed by atoms with Crippen LogP contribution in [0.25, 0.3) is 0 Å². The molecule has 0 amide bonds. The molecule has 0 fully saturated rings. The summed E-state index contributed by atoms with van der Waals surface area (Å²) >= 11 is 3.26. The predicted octanol–water partition coefficient (Wildman–Crippen LogP) is 2.87. The maximum Gasteiger partial charge on any atom is 0.340 e. The third-order valence-corrected chi connectivity index (χ3v) is 2.38. The van der Waals surface area contributed by atoms with Gasteiger partial charge in [0.2, 0.25) is 0 Å². The summed E-state index contributed by atoms with van der Waals surface area (Å²) < 4.78 is 5.97. The molecule has 0 unspecified atom stereocenters. The van der Waals surface area contributed by atoms with Gasteiger partial charge in [0.25, 0.3) is 0 Å². The van der Waals surface area contributed by atoms with Crippen molar-refractivity contribution in [2.24, 2.45) is 0 Å². The minimum Gasteiger partial charge on any atom is -0.456 e. The third kappa shape index (κ3) is 4.00. The van der Waals surface area contributed by atoms with E-state index in [0.29, 0.717) is 10.2 Å². The first kappa shape index (κ1) is 14.0. The van der Waals surface area contributed by atoms with Gasteiger partial charge in [0.05, 0.1) is 17.4 Å². The molecule has 0 atom stereocenters. The van der Waals surface area contributed by atoms with Crippen molar-refractivity contribution in [3.63, 3.8) is 0 Å². The molecular weight excluding hydrogens is 284 g/mol. The number of hydrogen-bond donors (Lipinski definition) is 0. The number of anilines is 1. The molecule has 17 heavy (non-hydrogen) atoms. The SMILES string of the molecule is CN(C)c1cnc(Br)cc1C(=O)OC(C)(C)C. The quantitative estimate of drug-likeness (QED) is 0.622. The molecule has 4 nitrogen and oxygen atoms in total. The van der Waals surface area contributed by atoms with Crippen LogP contribution in [0.3, 0.4) is 0 Å². The highest BCUT2D eigenvalue weighted by Gasteiger charge is 2.21. The average Bonchev–Trinajstić information content (AvgIpc) is 2.14. The summed E-state index contributed by atoms with van der Waals surface area (Å²) in [6.07, 6.45) is 1.64. The Labute approximate surface area is 110 Å². The van der Waals surface area contributed by atoms with E-state index < -0.39 is 5.60 Å². The van der Waals surface area contributed by atoms with Crippen LogP contribution in [0.15, 0.2) is 16.9 Å². The second-order valence-corrected chi connectivity index (χ2v) is 5.73. The fraction of sp³-hybridized carbons (Fsp3) is 0.500. The largest absolute Gasteiger partial charge is 0.456 e. The number of halogens is 1. The second-order valence-electron chi connectivity index (χ2n) is 4.92. The first-order valence-electron chi connectivity index (χ1n) is 5.27. The van der Waals surface area contributed by atoms with Gasteiger partial charge in [0, 0.05) is 14.1 Å². The lowest BCUT2D eigenvalue weighted by Crippen LogP contribution is -2.25. The topological polar surface area (TPSA) is 42.4 Å². The van der Waals surface area contributed by atoms with Crippen LogP contribution in [-0.4, -0.2) is 30.6 Å². The zero-order chi connectivity index (χ0) is 13.2. The molecule has 0 aliphatic carbocycles. The molecule has 94 valence electrons. The maximum atomic E-state index is 12.0. The number of carbonyl (C=O) groups excluding carboxylic acids is 1. The smallest absolute Gasteiger partial charge is 0.340 e. The number of carbonyl (C=O) groups is 1. The van der Waals surface area contributed by atoms with Gasteiger partial charge in [-0.25, -0.2) is 9.78 Å². The molecule has 0 aliphatic heterocycles. The van der Waals surface area contributed by atoms with Crippen LogP contribution in [0.4, 0.5) is 5.69 Å². The molecule has 1 rings (SSSR count).